The van der Waals surface area contributed by atoms with E-state index in [2.05, 4.69) is 10.3 Å². The predicted octanol–water partition coefficient (Wildman–Crippen LogP) is 2.83. The van der Waals surface area contributed by atoms with Crippen molar-refractivity contribution in [3.05, 3.63) is 16.1 Å². The van der Waals surface area contributed by atoms with Gasteiger partial charge in [-0.05, 0) is 25.9 Å². The molecule has 21 heavy (non-hydrogen) atoms. The lowest BCUT2D eigenvalue weighted by atomic mass is 9.97. The molecule has 5 nitrogen and oxygen atoms in total. The van der Waals surface area contributed by atoms with E-state index in [1.165, 1.54) is 0 Å². The first-order chi connectivity index (χ1) is 9.64. The van der Waals surface area contributed by atoms with E-state index < -0.39 is 12.1 Å². The number of aliphatic carboxylic acids is 1. The molecular weight excluding hydrogens is 334 g/mol. The summed E-state index contributed by atoms with van der Waals surface area (Å²) in [4.78, 5) is 13.2. The van der Waals surface area contributed by atoms with Gasteiger partial charge in [-0.3, -0.25) is 0 Å². The summed E-state index contributed by atoms with van der Waals surface area (Å²) in [5.41, 5.74) is 0. The van der Waals surface area contributed by atoms with Crippen molar-refractivity contribution >= 4 is 29.2 Å². The summed E-state index contributed by atoms with van der Waals surface area (Å²) in [6.07, 6.45) is -2.87. The number of carboxylic acids is 1. The van der Waals surface area contributed by atoms with Gasteiger partial charge in [-0.2, -0.15) is 13.2 Å². The number of alkyl halides is 3. The number of piperidine rings is 1. The highest BCUT2D eigenvalue weighted by Crippen LogP contribution is 2.29. The maximum absolute atomic E-state index is 10.6. The monoisotopic (exact) mass is 347 g/mol. The Hall–Kier alpha value is -0.990. The number of nitrogens with zero attached hydrogens (tertiary/aromatic N) is 2. The van der Waals surface area contributed by atoms with E-state index in [9.17, 15) is 13.2 Å². The first-order valence-electron chi connectivity index (χ1n) is 6.03. The molecule has 0 radical (unpaired) electrons. The molecule has 2 N–H and O–H groups in total. The number of carbonyl (C=O) groups is 1. The van der Waals surface area contributed by atoms with Crippen molar-refractivity contribution in [1.29, 1.82) is 0 Å². The quantitative estimate of drug-likeness (QED) is 0.819. The van der Waals surface area contributed by atoms with Crippen LogP contribution in [-0.2, 0) is 11.8 Å². The third kappa shape index (κ3) is 5.05. The Morgan fingerprint density at radius 1 is 1.38 bits per heavy atom. The van der Waals surface area contributed by atoms with Crippen LogP contribution in [0.15, 0.2) is 0 Å². The third-order valence-electron chi connectivity index (χ3n) is 2.97. The van der Waals surface area contributed by atoms with Crippen LogP contribution in [0.3, 0.4) is 0 Å². The van der Waals surface area contributed by atoms with Gasteiger partial charge >= 0.3 is 12.1 Å². The van der Waals surface area contributed by atoms with E-state index in [1.807, 2.05) is 11.6 Å². The minimum Gasteiger partial charge on any atom is -0.475 e. The topological polar surface area (TPSA) is 67.2 Å². The molecule has 1 aliphatic heterocycles. The average Bonchev–Trinajstić information content (AvgIpc) is 2.67. The summed E-state index contributed by atoms with van der Waals surface area (Å²) in [6.45, 7) is 2.10. The Morgan fingerprint density at radius 2 is 1.86 bits per heavy atom. The average molecular weight is 348 g/mol. The summed E-state index contributed by atoms with van der Waals surface area (Å²) >= 11 is 11.8. The number of imidazole rings is 1. The van der Waals surface area contributed by atoms with Crippen LogP contribution in [0.5, 0.6) is 0 Å². The SMILES string of the molecule is Cn1c(C2CCNCC2)nc(Cl)c1Cl.O=C(O)C(F)(F)F. The minimum atomic E-state index is -5.08. The van der Waals surface area contributed by atoms with E-state index in [0.29, 0.717) is 16.2 Å². The molecule has 1 aromatic rings. The van der Waals surface area contributed by atoms with Crippen molar-refractivity contribution in [3.63, 3.8) is 0 Å². The molecule has 2 rings (SSSR count). The number of aromatic nitrogens is 2. The first-order valence-corrected chi connectivity index (χ1v) is 6.78. The number of carboxylic acid groups (broad SMARTS) is 1. The molecule has 1 aliphatic rings. The van der Waals surface area contributed by atoms with Crippen LogP contribution in [0.4, 0.5) is 13.2 Å². The van der Waals surface area contributed by atoms with E-state index in [1.54, 1.807) is 0 Å². The molecule has 0 bridgehead atoms. The zero-order chi connectivity index (χ0) is 16.2. The Bertz CT molecular complexity index is 500. The summed E-state index contributed by atoms with van der Waals surface area (Å²) in [5.74, 6) is -1.25. The number of rotatable bonds is 1. The van der Waals surface area contributed by atoms with Gasteiger partial charge in [0.15, 0.2) is 5.15 Å². The molecule has 1 fully saturated rings. The van der Waals surface area contributed by atoms with E-state index in [4.69, 9.17) is 33.1 Å². The van der Waals surface area contributed by atoms with Crippen molar-refractivity contribution in [2.24, 2.45) is 7.05 Å². The van der Waals surface area contributed by atoms with E-state index >= 15 is 0 Å². The first kappa shape index (κ1) is 18.1. The van der Waals surface area contributed by atoms with Crippen LogP contribution in [0.2, 0.25) is 10.3 Å². The second kappa shape index (κ2) is 7.33. The Kier molecular flexibility index (Phi) is 6.30. The smallest absolute Gasteiger partial charge is 0.475 e. The van der Waals surface area contributed by atoms with Crippen LogP contribution in [-0.4, -0.2) is 39.9 Å². The molecule has 0 amide bonds. The van der Waals surface area contributed by atoms with Gasteiger partial charge in [0.25, 0.3) is 0 Å². The molecule has 0 aliphatic carbocycles. The second-order valence-corrected chi connectivity index (χ2v) is 5.15. The third-order valence-corrected chi connectivity index (χ3v) is 3.76. The van der Waals surface area contributed by atoms with Crippen LogP contribution in [0.25, 0.3) is 0 Å². The van der Waals surface area contributed by atoms with Crippen LogP contribution in [0, 0.1) is 0 Å². The maximum Gasteiger partial charge on any atom is 0.490 e. The molecule has 1 aromatic heterocycles. The second-order valence-electron chi connectivity index (χ2n) is 4.44. The van der Waals surface area contributed by atoms with Gasteiger partial charge in [-0.1, -0.05) is 23.2 Å². The predicted molar refractivity (Wildman–Crippen MR) is 71.8 cm³/mol. The summed E-state index contributed by atoms with van der Waals surface area (Å²) in [6, 6.07) is 0. The lowest BCUT2D eigenvalue weighted by Gasteiger charge is -2.21. The van der Waals surface area contributed by atoms with Crippen LogP contribution >= 0.6 is 23.2 Å². The van der Waals surface area contributed by atoms with Crippen molar-refractivity contribution in [2.45, 2.75) is 24.9 Å². The largest absolute Gasteiger partial charge is 0.490 e. The molecule has 2 heterocycles. The van der Waals surface area contributed by atoms with Gasteiger partial charge in [0.05, 0.1) is 0 Å². The van der Waals surface area contributed by atoms with Crippen molar-refractivity contribution in [3.8, 4) is 0 Å². The van der Waals surface area contributed by atoms with E-state index in [0.717, 1.165) is 31.8 Å². The molecule has 0 saturated carbocycles. The zero-order valence-electron chi connectivity index (χ0n) is 11.0. The minimum absolute atomic E-state index is 0.419. The molecule has 0 aromatic carbocycles. The number of halogens is 5. The Morgan fingerprint density at radius 3 is 2.19 bits per heavy atom. The molecule has 10 heteroatoms. The fourth-order valence-corrected chi connectivity index (χ4v) is 2.25. The van der Waals surface area contributed by atoms with Gasteiger partial charge in [0.2, 0.25) is 0 Å². The van der Waals surface area contributed by atoms with Gasteiger partial charge in [0, 0.05) is 13.0 Å². The van der Waals surface area contributed by atoms with Gasteiger partial charge in [0.1, 0.15) is 11.0 Å². The number of nitrogens with one attached hydrogen (secondary N) is 1. The number of hydrogen-bond donors (Lipinski definition) is 2. The molecule has 120 valence electrons. The van der Waals surface area contributed by atoms with Crippen molar-refractivity contribution in [1.82, 2.24) is 14.9 Å². The van der Waals surface area contributed by atoms with E-state index in [-0.39, 0.29) is 0 Å². The normalized spacial score (nSPS) is 16.3. The van der Waals surface area contributed by atoms with Gasteiger partial charge in [-0.15, -0.1) is 0 Å². The number of hydrogen-bond acceptors (Lipinski definition) is 3. The van der Waals surface area contributed by atoms with Crippen molar-refractivity contribution < 1.29 is 23.1 Å². The Labute approximate surface area is 129 Å². The molecule has 0 spiro atoms. The lowest BCUT2D eigenvalue weighted by Crippen LogP contribution is -2.27. The van der Waals surface area contributed by atoms with Crippen LogP contribution in [0.1, 0.15) is 24.6 Å². The fourth-order valence-electron chi connectivity index (χ4n) is 1.91. The highest BCUT2D eigenvalue weighted by atomic mass is 35.5. The van der Waals surface area contributed by atoms with Gasteiger partial charge in [-0.25, -0.2) is 9.78 Å². The molecule has 0 unspecified atom stereocenters. The van der Waals surface area contributed by atoms with Crippen molar-refractivity contribution in [2.75, 3.05) is 13.1 Å². The highest BCUT2D eigenvalue weighted by molar-refractivity contribution is 6.40. The lowest BCUT2D eigenvalue weighted by molar-refractivity contribution is -0.192. The summed E-state index contributed by atoms with van der Waals surface area (Å²) in [5, 5.41) is 11.4. The standard InChI is InChI=1S/C9H13Cl2N3.C2HF3O2/c1-14-8(11)7(10)13-9(14)6-2-4-12-5-3-6;3-2(4,5)1(6)7/h6,12H,2-5H2,1H3;(H,6,7). The Balaban J connectivity index is 0.000000270. The maximum atomic E-state index is 10.6. The molecular formula is C11H14Cl2F3N3O2. The summed E-state index contributed by atoms with van der Waals surface area (Å²) < 4.78 is 33.6. The molecule has 1 saturated heterocycles. The fraction of sp³-hybridized carbons (Fsp3) is 0.636. The summed E-state index contributed by atoms with van der Waals surface area (Å²) in [7, 11) is 1.92. The zero-order valence-corrected chi connectivity index (χ0v) is 12.6. The highest BCUT2D eigenvalue weighted by Gasteiger charge is 2.38. The van der Waals surface area contributed by atoms with Crippen LogP contribution < -0.4 is 5.32 Å². The van der Waals surface area contributed by atoms with Gasteiger partial charge < -0.3 is 15.0 Å². The molecule has 0 atom stereocenters.